The lowest BCUT2D eigenvalue weighted by Crippen LogP contribution is -2.22. The van der Waals surface area contributed by atoms with Crippen LogP contribution in [0, 0.1) is 0 Å². The molecular weight excluding hydrogens is 422 g/mol. The quantitative estimate of drug-likeness (QED) is 0.430. The second-order valence-electron chi connectivity index (χ2n) is 7.78. The van der Waals surface area contributed by atoms with E-state index in [2.05, 4.69) is 30.9 Å². The Morgan fingerprint density at radius 2 is 2.12 bits per heavy atom. The van der Waals surface area contributed by atoms with Gasteiger partial charge in [0.2, 0.25) is 0 Å². The Kier molecular flexibility index (Phi) is 5.42. The predicted octanol–water partition coefficient (Wildman–Crippen LogP) is 3.79. The maximum atomic E-state index is 12.7. The van der Waals surface area contributed by atoms with Crippen LogP contribution in [0.5, 0.6) is 0 Å². The summed E-state index contributed by atoms with van der Waals surface area (Å²) in [6, 6.07) is 9.39. The van der Waals surface area contributed by atoms with E-state index >= 15 is 0 Å². The Labute approximate surface area is 189 Å². The van der Waals surface area contributed by atoms with Gasteiger partial charge in [-0.05, 0) is 48.9 Å². The van der Waals surface area contributed by atoms with Crippen molar-refractivity contribution in [2.24, 2.45) is 0 Å². The number of hydrogen-bond acceptors (Lipinski definition) is 8. The maximum Gasteiger partial charge on any atom is 0.257 e. The number of rotatable bonds is 5. The van der Waals surface area contributed by atoms with Crippen molar-refractivity contribution in [3.8, 4) is 0 Å². The lowest BCUT2D eigenvalue weighted by atomic mass is 10.1. The first-order valence-corrected chi connectivity index (χ1v) is 11.2. The Balaban J connectivity index is 1.49. The van der Waals surface area contributed by atoms with E-state index in [1.54, 1.807) is 42.2 Å². The molecule has 32 heavy (non-hydrogen) atoms. The second-order valence-corrected chi connectivity index (χ2v) is 8.86. The molecule has 0 saturated carbocycles. The standard InChI is InChI=1S/C23H23N7OS/c1-30(2)18-6-5-15(10-17(18)29-22(31)14-4-3-8-24-11-14)28-21-20-16-7-9-25-12-19(16)32-23(20)27-13-26-21/h3-6,8,10-11,13,25H,7,9,12H2,1-2H3,(H,29,31)(H,26,27,28). The Morgan fingerprint density at radius 1 is 1.22 bits per heavy atom. The van der Waals surface area contributed by atoms with Gasteiger partial charge in [-0.15, -0.1) is 11.3 Å². The summed E-state index contributed by atoms with van der Waals surface area (Å²) in [7, 11) is 3.89. The molecule has 0 saturated heterocycles. The smallest absolute Gasteiger partial charge is 0.257 e. The van der Waals surface area contributed by atoms with E-state index in [4.69, 9.17) is 0 Å². The van der Waals surface area contributed by atoms with Crippen LogP contribution in [0.4, 0.5) is 22.9 Å². The highest BCUT2D eigenvalue weighted by Crippen LogP contribution is 2.37. The van der Waals surface area contributed by atoms with Crippen molar-refractivity contribution in [1.29, 1.82) is 0 Å². The van der Waals surface area contributed by atoms with Gasteiger partial charge >= 0.3 is 0 Å². The minimum Gasteiger partial charge on any atom is -0.376 e. The average molecular weight is 446 g/mol. The van der Waals surface area contributed by atoms with Crippen LogP contribution in [0.3, 0.4) is 0 Å². The third-order valence-electron chi connectivity index (χ3n) is 5.42. The topological polar surface area (TPSA) is 95.1 Å². The highest BCUT2D eigenvalue weighted by Gasteiger charge is 2.20. The summed E-state index contributed by atoms with van der Waals surface area (Å²) in [5, 5.41) is 11.0. The number of anilines is 4. The molecule has 8 nitrogen and oxygen atoms in total. The molecule has 4 aromatic rings. The number of hydrogen-bond donors (Lipinski definition) is 3. The monoisotopic (exact) mass is 445 g/mol. The minimum atomic E-state index is -0.206. The van der Waals surface area contributed by atoms with Crippen LogP contribution in [0.1, 0.15) is 20.8 Å². The van der Waals surface area contributed by atoms with Crippen molar-refractivity contribution in [1.82, 2.24) is 20.3 Å². The first kappa shape index (κ1) is 20.3. The number of carbonyl (C=O) groups is 1. The van der Waals surface area contributed by atoms with Gasteiger partial charge < -0.3 is 20.9 Å². The maximum absolute atomic E-state index is 12.7. The molecule has 1 aliphatic rings. The Hall–Kier alpha value is -3.56. The summed E-state index contributed by atoms with van der Waals surface area (Å²) in [5.74, 6) is 0.582. The molecule has 162 valence electrons. The molecule has 0 unspecified atom stereocenters. The predicted molar refractivity (Wildman–Crippen MR) is 129 cm³/mol. The molecule has 0 fully saturated rings. The molecular formula is C23H23N7OS. The van der Waals surface area contributed by atoms with E-state index in [1.165, 1.54) is 10.4 Å². The van der Waals surface area contributed by atoms with E-state index < -0.39 is 0 Å². The van der Waals surface area contributed by atoms with Crippen LogP contribution in [-0.2, 0) is 13.0 Å². The zero-order valence-electron chi connectivity index (χ0n) is 17.8. The average Bonchev–Trinajstić information content (AvgIpc) is 3.19. The van der Waals surface area contributed by atoms with E-state index in [0.29, 0.717) is 11.3 Å². The molecule has 5 rings (SSSR count). The number of carbonyl (C=O) groups excluding carboxylic acids is 1. The van der Waals surface area contributed by atoms with Crippen LogP contribution in [-0.4, -0.2) is 41.5 Å². The molecule has 0 radical (unpaired) electrons. The summed E-state index contributed by atoms with van der Waals surface area (Å²) >= 11 is 1.72. The number of thiophene rings is 1. The van der Waals surface area contributed by atoms with Crippen LogP contribution in [0.15, 0.2) is 49.1 Å². The van der Waals surface area contributed by atoms with Crippen molar-refractivity contribution in [2.75, 3.05) is 36.2 Å². The van der Waals surface area contributed by atoms with Gasteiger partial charge in [0.1, 0.15) is 17.0 Å². The van der Waals surface area contributed by atoms with Crippen molar-refractivity contribution in [2.45, 2.75) is 13.0 Å². The first-order valence-electron chi connectivity index (χ1n) is 10.4. The third kappa shape index (κ3) is 3.88. The fraction of sp³-hybridized carbons (Fsp3) is 0.217. The van der Waals surface area contributed by atoms with Gasteiger partial charge in [-0.25, -0.2) is 9.97 Å². The number of nitrogens with zero attached hydrogens (tertiary/aromatic N) is 4. The Bertz CT molecular complexity index is 1290. The largest absolute Gasteiger partial charge is 0.376 e. The van der Waals surface area contributed by atoms with Crippen molar-refractivity contribution in [3.05, 3.63) is 65.1 Å². The molecule has 4 heterocycles. The fourth-order valence-electron chi connectivity index (χ4n) is 3.89. The van der Waals surface area contributed by atoms with Crippen molar-refractivity contribution in [3.63, 3.8) is 0 Å². The normalized spacial score (nSPS) is 12.9. The van der Waals surface area contributed by atoms with Gasteiger partial charge in [0, 0.05) is 43.6 Å². The van der Waals surface area contributed by atoms with Gasteiger partial charge in [0.15, 0.2) is 0 Å². The number of amides is 1. The summed E-state index contributed by atoms with van der Waals surface area (Å²) in [5.41, 5.74) is 4.27. The fourth-order valence-corrected chi connectivity index (χ4v) is 5.04. The molecule has 0 aliphatic carbocycles. The molecule has 1 amide bonds. The zero-order valence-corrected chi connectivity index (χ0v) is 18.7. The molecule has 0 atom stereocenters. The highest BCUT2D eigenvalue weighted by molar-refractivity contribution is 7.19. The number of nitrogens with one attached hydrogen (secondary N) is 3. The van der Waals surface area contributed by atoms with Crippen molar-refractivity contribution < 1.29 is 4.79 Å². The summed E-state index contributed by atoms with van der Waals surface area (Å²) in [6.45, 7) is 1.83. The van der Waals surface area contributed by atoms with Crippen LogP contribution >= 0.6 is 11.3 Å². The second kappa shape index (κ2) is 8.52. The number of benzene rings is 1. The summed E-state index contributed by atoms with van der Waals surface area (Å²) in [4.78, 5) is 30.1. The Morgan fingerprint density at radius 3 is 2.94 bits per heavy atom. The van der Waals surface area contributed by atoms with Crippen LogP contribution in [0.2, 0.25) is 0 Å². The number of aromatic nitrogens is 3. The summed E-state index contributed by atoms with van der Waals surface area (Å²) in [6.07, 6.45) is 5.76. The van der Waals surface area contributed by atoms with E-state index in [9.17, 15) is 4.79 Å². The van der Waals surface area contributed by atoms with E-state index in [1.807, 2.05) is 37.2 Å². The molecule has 3 aromatic heterocycles. The van der Waals surface area contributed by atoms with Gasteiger partial charge in [0.25, 0.3) is 5.91 Å². The number of pyridine rings is 1. The number of fused-ring (bicyclic) bond motifs is 3. The van der Waals surface area contributed by atoms with Gasteiger partial charge in [0.05, 0.1) is 22.3 Å². The molecule has 1 aromatic carbocycles. The third-order valence-corrected chi connectivity index (χ3v) is 6.56. The lowest BCUT2D eigenvalue weighted by molar-refractivity contribution is 0.102. The molecule has 3 N–H and O–H groups in total. The highest BCUT2D eigenvalue weighted by atomic mass is 32.1. The first-order chi connectivity index (χ1) is 15.6. The van der Waals surface area contributed by atoms with E-state index in [0.717, 1.165) is 46.9 Å². The molecule has 9 heteroatoms. The van der Waals surface area contributed by atoms with Crippen molar-refractivity contribution >= 4 is 50.3 Å². The molecule has 1 aliphatic heterocycles. The minimum absolute atomic E-state index is 0.206. The molecule has 0 bridgehead atoms. The van der Waals surface area contributed by atoms with Gasteiger partial charge in [-0.1, -0.05) is 0 Å². The summed E-state index contributed by atoms with van der Waals surface area (Å²) < 4.78 is 0. The molecule has 0 spiro atoms. The zero-order chi connectivity index (χ0) is 22.1. The van der Waals surface area contributed by atoms with Crippen LogP contribution in [0.25, 0.3) is 10.2 Å². The van der Waals surface area contributed by atoms with E-state index in [-0.39, 0.29) is 5.91 Å². The van der Waals surface area contributed by atoms with Gasteiger partial charge in [-0.3, -0.25) is 9.78 Å². The van der Waals surface area contributed by atoms with Crippen LogP contribution < -0.4 is 20.9 Å². The van der Waals surface area contributed by atoms with Gasteiger partial charge in [-0.2, -0.15) is 0 Å². The SMILES string of the molecule is CN(C)c1ccc(Nc2ncnc3sc4c(c23)CCNC4)cc1NC(=O)c1cccnc1. The lowest BCUT2D eigenvalue weighted by Gasteiger charge is -2.20.